The molecule has 1 aromatic heterocycles. The molecule has 2 amide bonds. The summed E-state index contributed by atoms with van der Waals surface area (Å²) in [7, 11) is 0. The van der Waals surface area contributed by atoms with Crippen LogP contribution in [-0.4, -0.2) is 46.4 Å². The quantitative estimate of drug-likeness (QED) is 0.850. The molecule has 1 aliphatic heterocycles. The molecule has 0 radical (unpaired) electrons. The van der Waals surface area contributed by atoms with Crippen LogP contribution in [0.1, 0.15) is 30.6 Å². The first-order valence-corrected chi connectivity index (χ1v) is 8.84. The fraction of sp³-hybridized carbons (Fsp3) is 0.474. The van der Waals surface area contributed by atoms with Crippen LogP contribution in [0.3, 0.4) is 0 Å². The summed E-state index contributed by atoms with van der Waals surface area (Å²) in [5, 5.41) is 7.19. The molecule has 2 unspecified atom stereocenters. The van der Waals surface area contributed by atoms with Crippen LogP contribution in [0.5, 0.6) is 0 Å². The van der Waals surface area contributed by atoms with Gasteiger partial charge in [-0.05, 0) is 37.5 Å². The maximum Gasteiger partial charge on any atom is 0.317 e. The predicted molar refractivity (Wildman–Crippen MR) is 96.3 cm³/mol. The normalized spacial score (nSPS) is 20.5. The van der Waals surface area contributed by atoms with Crippen molar-refractivity contribution >= 4 is 6.03 Å². The number of aryl methyl sites for hydroxylation is 2. The molecule has 1 fully saturated rings. The number of aromatic nitrogens is 2. The summed E-state index contributed by atoms with van der Waals surface area (Å²) in [6.45, 7) is 6.68. The van der Waals surface area contributed by atoms with E-state index in [2.05, 4.69) is 29.5 Å². The molecule has 1 aliphatic rings. The molecule has 6 nitrogen and oxygen atoms in total. The second-order valence-electron chi connectivity index (χ2n) is 6.53. The van der Waals surface area contributed by atoms with Gasteiger partial charge in [-0.2, -0.15) is 5.10 Å². The number of nitrogens with one attached hydrogen (secondary N) is 1. The van der Waals surface area contributed by atoms with E-state index in [4.69, 9.17) is 4.74 Å². The number of hydrogen-bond donors (Lipinski definition) is 1. The van der Waals surface area contributed by atoms with Gasteiger partial charge in [0.1, 0.15) is 6.10 Å². The lowest BCUT2D eigenvalue weighted by Crippen LogP contribution is -2.52. The Morgan fingerprint density at radius 3 is 2.96 bits per heavy atom. The number of benzene rings is 1. The number of morpholine rings is 1. The van der Waals surface area contributed by atoms with Crippen LogP contribution in [0.25, 0.3) is 0 Å². The monoisotopic (exact) mass is 342 g/mol. The summed E-state index contributed by atoms with van der Waals surface area (Å²) in [4.78, 5) is 14.5. The van der Waals surface area contributed by atoms with Gasteiger partial charge in [-0.25, -0.2) is 4.79 Å². The Kier molecular flexibility index (Phi) is 5.71. The van der Waals surface area contributed by atoms with Gasteiger partial charge in [0.05, 0.1) is 19.2 Å². The second-order valence-corrected chi connectivity index (χ2v) is 6.53. The Morgan fingerprint density at radius 1 is 1.36 bits per heavy atom. The van der Waals surface area contributed by atoms with Crippen LogP contribution in [0.15, 0.2) is 42.7 Å². The Bertz CT molecular complexity index is 686. The number of urea groups is 1. The van der Waals surface area contributed by atoms with Gasteiger partial charge in [-0.3, -0.25) is 4.68 Å². The van der Waals surface area contributed by atoms with Gasteiger partial charge in [0, 0.05) is 25.5 Å². The molecule has 0 spiro atoms. The van der Waals surface area contributed by atoms with Crippen molar-refractivity contribution in [2.45, 2.75) is 39.0 Å². The number of carbonyl (C=O) groups is 1. The van der Waals surface area contributed by atoms with E-state index in [0.29, 0.717) is 19.7 Å². The molecule has 6 heteroatoms. The van der Waals surface area contributed by atoms with E-state index >= 15 is 0 Å². The number of carbonyl (C=O) groups excluding carboxylic acids is 1. The minimum atomic E-state index is -0.0628. The lowest BCUT2D eigenvalue weighted by atomic mass is 10.0. The van der Waals surface area contributed by atoms with Crippen molar-refractivity contribution in [3.63, 3.8) is 0 Å². The zero-order valence-corrected chi connectivity index (χ0v) is 14.9. The molecular weight excluding hydrogens is 316 g/mol. The standard InChI is InChI=1S/C19H26N4O2/c1-15-7-3-4-8-17(15)18-13-23(16(2)14-25-18)19(24)20-9-5-11-22-12-6-10-21-22/h3-4,6-8,10,12,16,18H,5,9,11,13-14H2,1-2H3,(H,20,24). The van der Waals surface area contributed by atoms with Gasteiger partial charge in [0.2, 0.25) is 0 Å². The van der Waals surface area contributed by atoms with Crippen molar-refractivity contribution in [3.8, 4) is 0 Å². The minimum Gasteiger partial charge on any atom is -0.370 e. The van der Waals surface area contributed by atoms with Gasteiger partial charge in [-0.1, -0.05) is 24.3 Å². The van der Waals surface area contributed by atoms with Crippen LogP contribution in [0, 0.1) is 6.92 Å². The van der Waals surface area contributed by atoms with Crippen molar-refractivity contribution in [1.29, 1.82) is 0 Å². The van der Waals surface area contributed by atoms with Crippen LogP contribution in [0.4, 0.5) is 4.79 Å². The van der Waals surface area contributed by atoms with Crippen LogP contribution < -0.4 is 5.32 Å². The van der Waals surface area contributed by atoms with Crippen LogP contribution in [0.2, 0.25) is 0 Å². The zero-order chi connectivity index (χ0) is 17.6. The molecule has 1 saturated heterocycles. The van der Waals surface area contributed by atoms with E-state index in [-0.39, 0.29) is 18.2 Å². The molecule has 1 aromatic carbocycles. The zero-order valence-electron chi connectivity index (χ0n) is 14.9. The van der Waals surface area contributed by atoms with E-state index in [1.54, 1.807) is 6.20 Å². The van der Waals surface area contributed by atoms with E-state index < -0.39 is 0 Å². The van der Waals surface area contributed by atoms with E-state index in [1.807, 2.05) is 40.9 Å². The molecule has 134 valence electrons. The Morgan fingerprint density at radius 2 is 2.20 bits per heavy atom. The van der Waals surface area contributed by atoms with Gasteiger partial charge in [0.25, 0.3) is 0 Å². The van der Waals surface area contributed by atoms with Crippen molar-refractivity contribution in [3.05, 3.63) is 53.9 Å². The van der Waals surface area contributed by atoms with Gasteiger partial charge in [0.15, 0.2) is 0 Å². The summed E-state index contributed by atoms with van der Waals surface area (Å²) in [5.74, 6) is 0. The average molecular weight is 342 g/mol. The molecular formula is C19H26N4O2. The first-order valence-electron chi connectivity index (χ1n) is 8.84. The molecule has 0 saturated carbocycles. The molecule has 3 rings (SSSR count). The third-order valence-corrected chi connectivity index (χ3v) is 4.63. The van der Waals surface area contributed by atoms with Crippen LogP contribution >= 0.6 is 0 Å². The summed E-state index contributed by atoms with van der Waals surface area (Å²) in [6.07, 6.45) is 4.48. The van der Waals surface area contributed by atoms with Crippen molar-refractivity contribution in [2.75, 3.05) is 19.7 Å². The third kappa shape index (κ3) is 4.39. The minimum absolute atomic E-state index is 0.0187. The smallest absolute Gasteiger partial charge is 0.317 e. The highest BCUT2D eigenvalue weighted by molar-refractivity contribution is 5.74. The molecule has 0 aliphatic carbocycles. The maximum atomic E-state index is 12.6. The fourth-order valence-electron chi connectivity index (χ4n) is 3.15. The maximum absolute atomic E-state index is 12.6. The number of ether oxygens (including phenoxy) is 1. The van der Waals surface area contributed by atoms with Gasteiger partial charge >= 0.3 is 6.03 Å². The molecule has 25 heavy (non-hydrogen) atoms. The Hall–Kier alpha value is -2.34. The average Bonchev–Trinajstić information content (AvgIpc) is 3.13. The topological polar surface area (TPSA) is 59.4 Å². The van der Waals surface area contributed by atoms with E-state index in [9.17, 15) is 4.79 Å². The number of amides is 2. The van der Waals surface area contributed by atoms with E-state index in [0.717, 1.165) is 18.5 Å². The highest BCUT2D eigenvalue weighted by atomic mass is 16.5. The SMILES string of the molecule is Cc1ccccc1C1CN(C(=O)NCCCn2cccn2)C(C)CO1. The summed E-state index contributed by atoms with van der Waals surface area (Å²) >= 11 is 0. The summed E-state index contributed by atoms with van der Waals surface area (Å²) < 4.78 is 7.85. The molecule has 2 heterocycles. The summed E-state index contributed by atoms with van der Waals surface area (Å²) in [6, 6.07) is 10.2. The van der Waals surface area contributed by atoms with Crippen molar-refractivity contribution < 1.29 is 9.53 Å². The third-order valence-electron chi connectivity index (χ3n) is 4.63. The predicted octanol–water partition coefficient (Wildman–Crippen LogP) is 2.75. The van der Waals surface area contributed by atoms with Gasteiger partial charge in [-0.15, -0.1) is 0 Å². The number of rotatable bonds is 5. The fourth-order valence-corrected chi connectivity index (χ4v) is 3.15. The largest absolute Gasteiger partial charge is 0.370 e. The second kappa shape index (κ2) is 8.16. The van der Waals surface area contributed by atoms with Gasteiger partial charge < -0.3 is 15.0 Å². The lowest BCUT2D eigenvalue weighted by molar-refractivity contribution is -0.0430. The number of nitrogens with zero attached hydrogens (tertiary/aromatic N) is 3. The van der Waals surface area contributed by atoms with Crippen molar-refractivity contribution in [2.24, 2.45) is 0 Å². The van der Waals surface area contributed by atoms with E-state index in [1.165, 1.54) is 5.56 Å². The molecule has 0 bridgehead atoms. The molecule has 2 atom stereocenters. The Labute approximate surface area is 148 Å². The highest BCUT2D eigenvalue weighted by Gasteiger charge is 2.30. The van der Waals surface area contributed by atoms with Crippen molar-refractivity contribution in [1.82, 2.24) is 20.0 Å². The number of hydrogen-bond acceptors (Lipinski definition) is 3. The first-order chi connectivity index (χ1) is 12.1. The molecule has 2 aromatic rings. The molecule has 1 N–H and O–H groups in total. The first kappa shape index (κ1) is 17.5. The lowest BCUT2D eigenvalue weighted by Gasteiger charge is -2.38. The summed E-state index contributed by atoms with van der Waals surface area (Å²) in [5.41, 5.74) is 2.35. The highest BCUT2D eigenvalue weighted by Crippen LogP contribution is 2.27. The van der Waals surface area contributed by atoms with Crippen LogP contribution in [-0.2, 0) is 11.3 Å². The Balaban J connectivity index is 1.52.